The summed E-state index contributed by atoms with van der Waals surface area (Å²) in [7, 11) is 0. The summed E-state index contributed by atoms with van der Waals surface area (Å²) >= 11 is 1.20. The van der Waals surface area contributed by atoms with E-state index in [0.717, 1.165) is 35.7 Å². The van der Waals surface area contributed by atoms with E-state index in [-0.39, 0.29) is 11.0 Å². The minimum absolute atomic E-state index is 0.0683. The summed E-state index contributed by atoms with van der Waals surface area (Å²) < 4.78 is 7.26. The lowest BCUT2D eigenvalue weighted by Crippen LogP contribution is -2.43. The maximum absolute atomic E-state index is 12.4. The lowest BCUT2D eigenvalue weighted by Gasteiger charge is -2.37. The second kappa shape index (κ2) is 5.77. The zero-order valence-corrected chi connectivity index (χ0v) is 14.1. The van der Waals surface area contributed by atoms with Crippen LogP contribution in [0, 0.1) is 5.41 Å². The number of hydrogen-bond acceptors (Lipinski definition) is 5. The average Bonchev–Trinajstić information content (AvgIpc) is 2.93. The third-order valence-corrected chi connectivity index (χ3v) is 4.92. The fourth-order valence-corrected chi connectivity index (χ4v) is 3.35. The van der Waals surface area contributed by atoms with Crippen LogP contribution in [0.25, 0.3) is 22.2 Å². The Morgan fingerprint density at radius 3 is 2.71 bits per heavy atom. The van der Waals surface area contributed by atoms with Gasteiger partial charge in [-0.1, -0.05) is 19.1 Å². The highest BCUT2D eigenvalue weighted by Crippen LogP contribution is 2.32. The molecule has 24 heavy (non-hydrogen) atoms. The highest BCUT2D eigenvalue weighted by atomic mass is 32.2. The topological polar surface area (TPSA) is 85.9 Å². The van der Waals surface area contributed by atoms with Crippen molar-refractivity contribution >= 4 is 22.9 Å². The highest BCUT2D eigenvalue weighted by molar-refractivity contribution is 7.97. The van der Waals surface area contributed by atoms with Crippen LogP contribution in [0.5, 0.6) is 0 Å². The molecule has 0 spiro atoms. The third-order valence-electron chi connectivity index (χ3n) is 4.37. The second-order valence-electron chi connectivity index (χ2n) is 6.52. The minimum atomic E-state index is -0.124. The van der Waals surface area contributed by atoms with Gasteiger partial charge in [-0.3, -0.25) is 14.6 Å². The Labute approximate surface area is 143 Å². The lowest BCUT2D eigenvalue weighted by molar-refractivity contribution is -0.111. The Morgan fingerprint density at radius 1 is 1.33 bits per heavy atom. The number of hydrogen-bond donors (Lipinski definition) is 2. The molecule has 0 radical (unpaired) electrons. The number of fused-ring (bicyclic) bond motifs is 1. The van der Waals surface area contributed by atoms with E-state index in [9.17, 15) is 4.79 Å². The first-order valence-corrected chi connectivity index (χ1v) is 8.61. The van der Waals surface area contributed by atoms with Crippen molar-refractivity contribution in [1.29, 1.82) is 0 Å². The van der Waals surface area contributed by atoms with Gasteiger partial charge in [-0.05, 0) is 30.1 Å². The van der Waals surface area contributed by atoms with Crippen molar-refractivity contribution in [3.63, 3.8) is 0 Å². The van der Waals surface area contributed by atoms with Gasteiger partial charge in [0.2, 0.25) is 0 Å². The Kier molecular flexibility index (Phi) is 3.71. The first-order chi connectivity index (χ1) is 11.6. The molecule has 1 saturated heterocycles. The number of pyridine rings is 1. The molecule has 3 aromatic rings. The van der Waals surface area contributed by atoms with E-state index in [4.69, 9.17) is 15.0 Å². The van der Waals surface area contributed by atoms with E-state index in [0.29, 0.717) is 11.1 Å². The van der Waals surface area contributed by atoms with Gasteiger partial charge in [-0.25, -0.2) is 0 Å². The van der Waals surface area contributed by atoms with E-state index in [1.807, 2.05) is 35.0 Å². The predicted molar refractivity (Wildman–Crippen MR) is 94.8 cm³/mol. The SMILES string of the molecule is CC1(Cn2nc(-c3ccc(SN)cc3)c3c(=O)[nH]ccc32)COC1. The summed E-state index contributed by atoms with van der Waals surface area (Å²) in [5, 5.41) is 10.9. The van der Waals surface area contributed by atoms with Crippen LogP contribution in [0.1, 0.15) is 6.92 Å². The number of ether oxygens (including phenoxy) is 1. The van der Waals surface area contributed by atoms with Crippen molar-refractivity contribution in [3.8, 4) is 11.3 Å². The zero-order chi connectivity index (χ0) is 16.7. The zero-order valence-electron chi connectivity index (χ0n) is 13.3. The number of nitrogens with zero attached hydrogens (tertiary/aromatic N) is 2. The van der Waals surface area contributed by atoms with Crippen molar-refractivity contribution < 1.29 is 4.74 Å². The summed E-state index contributed by atoms with van der Waals surface area (Å²) in [6, 6.07) is 9.66. The molecule has 0 bridgehead atoms. The number of benzene rings is 1. The van der Waals surface area contributed by atoms with Gasteiger partial charge in [0, 0.05) is 22.1 Å². The van der Waals surface area contributed by atoms with Gasteiger partial charge in [0.15, 0.2) is 0 Å². The van der Waals surface area contributed by atoms with Crippen LogP contribution in [0.15, 0.2) is 46.2 Å². The smallest absolute Gasteiger partial charge is 0.259 e. The van der Waals surface area contributed by atoms with Gasteiger partial charge >= 0.3 is 0 Å². The summed E-state index contributed by atoms with van der Waals surface area (Å²) in [6.45, 7) is 4.33. The summed E-state index contributed by atoms with van der Waals surface area (Å²) in [5.41, 5.74) is 2.39. The Balaban J connectivity index is 1.86. The molecule has 1 aliphatic heterocycles. The maximum Gasteiger partial charge on any atom is 0.259 e. The quantitative estimate of drug-likeness (QED) is 0.711. The first-order valence-electron chi connectivity index (χ1n) is 7.73. The summed E-state index contributed by atoms with van der Waals surface area (Å²) in [5.74, 6) is 0. The van der Waals surface area contributed by atoms with E-state index in [1.54, 1.807) is 6.20 Å². The number of H-pyrrole nitrogens is 1. The number of aromatic nitrogens is 3. The van der Waals surface area contributed by atoms with Gasteiger partial charge in [0.1, 0.15) is 5.69 Å². The van der Waals surface area contributed by atoms with Gasteiger partial charge in [-0.2, -0.15) is 5.10 Å². The Bertz CT molecular complexity index is 941. The predicted octanol–water partition coefficient (Wildman–Crippen LogP) is 2.39. The molecule has 0 atom stereocenters. The van der Waals surface area contributed by atoms with E-state index in [2.05, 4.69) is 11.9 Å². The number of aromatic amines is 1. The molecule has 0 aliphatic carbocycles. The highest BCUT2D eigenvalue weighted by Gasteiger charge is 2.35. The molecule has 6 nitrogen and oxygen atoms in total. The van der Waals surface area contributed by atoms with Crippen molar-refractivity contribution in [2.45, 2.75) is 18.4 Å². The molecule has 0 amide bonds. The Morgan fingerprint density at radius 2 is 2.08 bits per heavy atom. The lowest BCUT2D eigenvalue weighted by atomic mass is 9.89. The minimum Gasteiger partial charge on any atom is -0.380 e. The molecule has 3 N–H and O–H groups in total. The molecule has 1 aromatic carbocycles. The van der Waals surface area contributed by atoms with Gasteiger partial charge in [0.05, 0.1) is 30.7 Å². The van der Waals surface area contributed by atoms with Crippen LogP contribution in [0.3, 0.4) is 0 Å². The van der Waals surface area contributed by atoms with Crippen LogP contribution < -0.4 is 10.7 Å². The van der Waals surface area contributed by atoms with Crippen molar-refractivity contribution in [2.75, 3.05) is 13.2 Å². The molecule has 124 valence electrons. The molecule has 0 unspecified atom stereocenters. The summed E-state index contributed by atoms with van der Waals surface area (Å²) in [6.07, 6.45) is 1.67. The van der Waals surface area contributed by atoms with Crippen LogP contribution in [-0.4, -0.2) is 28.0 Å². The van der Waals surface area contributed by atoms with E-state index < -0.39 is 0 Å². The Hall–Kier alpha value is -2.09. The van der Waals surface area contributed by atoms with Gasteiger partial charge < -0.3 is 9.72 Å². The molecule has 4 rings (SSSR count). The standard InChI is InChI=1S/C17H18N4O2S/c1-17(9-23-10-17)8-21-13-6-7-19-16(22)14(13)15(20-21)11-2-4-12(24-18)5-3-11/h2-7H,8-10,18H2,1H3,(H,19,22). The normalized spacial score (nSPS) is 16.2. The van der Waals surface area contributed by atoms with Crippen LogP contribution in [-0.2, 0) is 11.3 Å². The summed E-state index contributed by atoms with van der Waals surface area (Å²) in [4.78, 5) is 16.1. The average molecular weight is 342 g/mol. The van der Waals surface area contributed by atoms with Crippen molar-refractivity contribution in [2.24, 2.45) is 10.6 Å². The third kappa shape index (κ3) is 2.54. The molecular formula is C17H18N4O2S. The largest absolute Gasteiger partial charge is 0.380 e. The molecular weight excluding hydrogens is 324 g/mol. The van der Waals surface area contributed by atoms with E-state index >= 15 is 0 Å². The molecule has 2 aromatic heterocycles. The molecule has 3 heterocycles. The fraction of sp³-hybridized carbons (Fsp3) is 0.294. The fourth-order valence-electron chi connectivity index (χ4n) is 3.05. The monoisotopic (exact) mass is 342 g/mol. The van der Waals surface area contributed by atoms with Crippen LogP contribution in [0.4, 0.5) is 0 Å². The van der Waals surface area contributed by atoms with E-state index in [1.165, 1.54) is 11.9 Å². The molecule has 1 fully saturated rings. The molecule has 1 aliphatic rings. The number of rotatable bonds is 4. The van der Waals surface area contributed by atoms with Crippen molar-refractivity contribution in [3.05, 3.63) is 46.9 Å². The van der Waals surface area contributed by atoms with Crippen LogP contribution >= 0.6 is 11.9 Å². The molecule has 0 saturated carbocycles. The first kappa shape index (κ1) is 15.4. The number of nitrogens with two attached hydrogens (primary N) is 1. The maximum atomic E-state index is 12.4. The second-order valence-corrected chi connectivity index (χ2v) is 7.23. The van der Waals surface area contributed by atoms with Gasteiger partial charge in [-0.15, -0.1) is 0 Å². The van der Waals surface area contributed by atoms with Crippen LogP contribution in [0.2, 0.25) is 0 Å². The molecule has 7 heteroatoms. The number of nitrogens with one attached hydrogen (secondary N) is 1. The van der Waals surface area contributed by atoms with Crippen molar-refractivity contribution in [1.82, 2.24) is 14.8 Å². The van der Waals surface area contributed by atoms with Gasteiger partial charge in [0.25, 0.3) is 5.56 Å².